The molecule has 61 heavy (non-hydrogen) atoms. The van der Waals surface area contributed by atoms with Crippen molar-refractivity contribution < 1.29 is 34.8 Å². The molecular weight excluding hydrogens is 844 g/mol. The molecule has 1 atom stereocenters. The number of nitrogens with zero attached hydrogens (tertiary/aromatic N) is 3. The molecule has 332 valence electrons. The highest BCUT2D eigenvalue weighted by Gasteiger charge is 2.66. The van der Waals surface area contributed by atoms with Gasteiger partial charge in [0.15, 0.2) is 0 Å². The summed E-state index contributed by atoms with van der Waals surface area (Å²) in [5, 5.41) is 2.95. The fraction of sp³-hybridized carbons (Fsp3) is 0.533. The quantitative estimate of drug-likeness (QED) is 0.107. The van der Waals surface area contributed by atoms with Gasteiger partial charge in [-0.15, -0.1) is 11.8 Å². The van der Waals surface area contributed by atoms with E-state index in [4.69, 9.17) is 0 Å². The van der Waals surface area contributed by atoms with Crippen LogP contribution in [0.1, 0.15) is 76.1 Å². The molecular formula is C45H58F3N5O5S3. The molecule has 5 aliphatic rings. The molecule has 8 rings (SSSR count). The fourth-order valence-electron chi connectivity index (χ4n) is 9.86. The Labute approximate surface area is 363 Å². The normalized spacial score (nSPS) is 23.6. The van der Waals surface area contributed by atoms with Crippen molar-refractivity contribution in [2.45, 2.75) is 92.0 Å². The summed E-state index contributed by atoms with van der Waals surface area (Å²) in [6.07, 6.45) is 8.07. The highest BCUT2D eigenvalue weighted by molar-refractivity contribution is 7.99. The lowest BCUT2D eigenvalue weighted by molar-refractivity contribution is -0.167. The maximum atomic E-state index is 14.1. The van der Waals surface area contributed by atoms with Crippen LogP contribution in [-0.4, -0.2) is 103 Å². The number of halogens is 3. The predicted octanol–water partition coefficient (Wildman–Crippen LogP) is 8.44. The van der Waals surface area contributed by atoms with Crippen LogP contribution in [0, 0.1) is 16.2 Å². The zero-order valence-corrected chi connectivity index (χ0v) is 38.1. The van der Waals surface area contributed by atoms with Crippen LogP contribution in [0.2, 0.25) is 0 Å². The van der Waals surface area contributed by atoms with Crippen molar-refractivity contribution in [3.63, 3.8) is 0 Å². The van der Waals surface area contributed by atoms with Crippen LogP contribution >= 0.6 is 11.8 Å². The van der Waals surface area contributed by atoms with Crippen LogP contribution in [0.5, 0.6) is 0 Å². The number of rotatable bonds is 16. The molecule has 4 aliphatic carbocycles. The number of amides is 1. The Balaban J connectivity index is 1.00. The van der Waals surface area contributed by atoms with Crippen LogP contribution < -0.4 is 14.9 Å². The summed E-state index contributed by atoms with van der Waals surface area (Å²) in [4.78, 5) is 18.8. The number of allylic oxidation sites excluding steroid dienone is 1. The number of sulfone groups is 1. The summed E-state index contributed by atoms with van der Waals surface area (Å²) in [6, 6.07) is 17.8. The molecule has 1 amide bonds. The molecule has 4 fully saturated rings. The summed E-state index contributed by atoms with van der Waals surface area (Å²) in [5.41, 5.74) is -0.429. The number of carbonyl (C=O) groups excluding carboxylic acids is 1. The molecule has 2 N–H and O–H groups in total. The lowest BCUT2D eigenvalue weighted by atomic mass is 9.33. The number of anilines is 2. The second-order valence-electron chi connectivity index (χ2n) is 19.0. The predicted molar refractivity (Wildman–Crippen MR) is 236 cm³/mol. The van der Waals surface area contributed by atoms with Gasteiger partial charge in [-0.2, -0.15) is 13.2 Å². The lowest BCUT2D eigenvalue weighted by Crippen LogP contribution is -2.61. The van der Waals surface area contributed by atoms with Crippen molar-refractivity contribution in [3.8, 4) is 0 Å². The second kappa shape index (κ2) is 17.2. The molecule has 0 aromatic heterocycles. The molecule has 3 saturated carbocycles. The number of piperazine rings is 1. The van der Waals surface area contributed by atoms with E-state index in [1.807, 2.05) is 54.0 Å². The number of nitrogens with one attached hydrogen (secondary N) is 2. The molecule has 10 nitrogen and oxygen atoms in total. The van der Waals surface area contributed by atoms with Crippen molar-refractivity contribution in [1.82, 2.24) is 14.5 Å². The summed E-state index contributed by atoms with van der Waals surface area (Å²) in [5.74, 6) is -0.620. The van der Waals surface area contributed by atoms with Gasteiger partial charge in [-0.25, -0.2) is 21.6 Å². The third-order valence-corrected chi connectivity index (χ3v) is 17.0. The third kappa shape index (κ3) is 10.1. The zero-order valence-electron chi connectivity index (χ0n) is 35.6. The van der Waals surface area contributed by atoms with Crippen LogP contribution in [-0.2, 0) is 19.9 Å². The van der Waals surface area contributed by atoms with Crippen molar-refractivity contribution >= 4 is 48.9 Å². The minimum atomic E-state index is -6.02. The van der Waals surface area contributed by atoms with E-state index in [1.54, 1.807) is 23.3 Å². The van der Waals surface area contributed by atoms with Crippen LogP contribution in [0.15, 0.2) is 98.6 Å². The molecule has 0 radical (unpaired) electrons. The largest absolute Gasteiger partial charge is 0.501 e. The summed E-state index contributed by atoms with van der Waals surface area (Å²) in [7, 11) is -7.15. The van der Waals surface area contributed by atoms with Gasteiger partial charge >= 0.3 is 5.51 Å². The molecule has 2 bridgehead atoms. The third-order valence-electron chi connectivity index (χ3n) is 13.0. The molecule has 1 heterocycles. The maximum Gasteiger partial charge on any atom is 0.501 e. The first-order chi connectivity index (χ1) is 28.6. The van der Waals surface area contributed by atoms with E-state index < -0.39 is 52.8 Å². The maximum absolute atomic E-state index is 14.1. The van der Waals surface area contributed by atoms with Gasteiger partial charge in [0.1, 0.15) is 4.90 Å². The van der Waals surface area contributed by atoms with Gasteiger partial charge in [-0.05, 0) is 136 Å². The molecule has 3 aromatic carbocycles. The average Bonchev–Trinajstić information content (AvgIpc) is 3.18. The van der Waals surface area contributed by atoms with Gasteiger partial charge < -0.3 is 15.1 Å². The molecule has 16 heteroatoms. The number of alkyl halides is 3. The standard InChI is InChI=1S/C45H58F3N5O5S3/c1-42(2)19-17-33(38(26-42)44-29-43(3,30-44)31-44)27-52-21-23-53(24-22-52)35-13-11-32(12-14-35)41(54)50-61(57,58)37-15-16-39(40(25-37)60(55,56)45(46,47)48)49-34(18-20-51(4)5)28-59-36-9-7-6-8-10-36/h6-16,25,34,49H,17-24,26-31H2,1-5H3,(H,50,54). The van der Waals surface area contributed by atoms with Gasteiger partial charge in [0, 0.05) is 60.7 Å². The Hall–Kier alpha value is -3.57. The number of benzene rings is 3. The second-order valence-corrected chi connectivity index (χ2v) is 23.6. The summed E-state index contributed by atoms with van der Waals surface area (Å²) >= 11 is 1.45. The fourth-order valence-corrected chi connectivity index (χ4v) is 12.9. The first-order valence-corrected chi connectivity index (χ1v) is 24.9. The van der Waals surface area contributed by atoms with Gasteiger partial charge in [0.05, 0.1) is 10.6 Å². The first kappa shape index (κ1) is 45.5. The van der Waals surface area contributed by atoms with Crippen LogP contribution in [0.4, 0.5) is 24.5 Å². The minimum Gasteiger partial charge on any atom is -0.380 e. The number of carbonyl (C=O) groups is 1. The molecule has 0 spiro atoms. The smallest absolute Gasteiger partial charge is 0.380 e. The van der Waals surface area contributed by atoms with Gasteiger partial charge in [0.25, 0.3) is 25.8 Å². The topological polar surface area (TPSA) is 119 Å². The van der Waals surface area contributed by atoms with Crippen LogP contribution in [0.25, 0.3) is 0 Å². The lowest BCUT2D eigenvalue weighted by Gasteiger charge is -2.72. The van der Waals surface area contributed by atoms with Crippen molar-refractivity contribution in [2.24, 2.45) is 16.2 Å². The Kier molecular flexibility index (Phi) is 12.8. The molecule has 1 saturated heterocycles. The van der Waals surface area contributed by atoms with E-state index >= 15 is 0 Å². The van der Waals surface area contributed by atoms with Crippen LogP contribution in [0.3, 0.4) is 0 Å². The number of hydrogen-bond donors (Lipinski definition) is 2. The minimum absolute atomic E-state index is 0.0224. The highest BCUT2D eigenvalue weighted by Crippen LogP contribution is 2.77. The Morgan fingerprint density at radius 1 is 0.902 bits per heavy atom. The van der Waals surface area contributed by atoms with E-state index in [1.165, 1.54) is 62.4 Å². The summed E-state index contributed by atoms with van der Waals surface area (Å²) in [6.45, 7) is 12.2. The van der Waals surface area contributed by atoms with Gasteiger partial charge in [-0.1, -0.05) is 50.1 Å². The molecule has 1 unspecified atom stereocenters. The number of hydrogen-bond acceptors (Lipinski definition) is 10. The Bertz CT molecular complexity index is 2330. The van der Waals surface area contributed by atoms with Gasteiger partial charge in [-0.3, -0.25) is 9.69 Å². The number of thioether (sulfide) groups is 1. The monoisotopic (exact) mass is 901 g/mol. The van der Waals surface area contributed by atoms with Crippen molar-refractivity contribution in [2.75, 3.05) is 69.3 Å². The van der Waals surface area contributed by atoms with Crippen molar-refractivity contribution in [3.05, 3.63) is 89.5 Å². The first-order valence-electron chi connectivity index (χ1n) is 21.0. The Morgan fingerprint density at radius 2 is 1.56 bits per heavy atom. The Morgan fingerprint density at radius 3 is 2.16 bits per heavy atom. The van der Waals surface area contributed by atoms with Crippen molar-refractivity contribution in [1.29, 1.82) is 0 Å². The number of sulfonamides is 1. The summed E-state index contributed by atoms with van der Waals surface area (Å²) < 4.78 is 96.9. The highest BCUT2D eigenvalue weighted by atomic mass is 32.2. The van der Waals surface area contributed by atoms with E-state index in [9.17, 15) is 34.8 Å². The average molecular weight is 902 g/mol. The van der Waals surface area contributed by atoms with E-state index in [0.29, 0.717) is 41.0 Å². The SMILES string of the molecule is CN(C)CCC(CSc1ccccc1)Nc1ccc(S(=O)(=O)NC(=O)c2ccc(N3CCN(CC4=C(C56CC(C)(C5)C6)CC(C)(C)CC4)CC3)cc2)cc1S(=O)(=O)C(F)(F)F. The van der Waals surface area contributed by atoms with E-state index in [0.717, 1.165) is 55.4 Å². The van der Waals surface area contributed by atoms with Gasteiger partial charge in [0.2, 0.25) is 0 Å². The molecule has 1 aliphatic heterocycles. The van der Waals surface area contributed by atoms with E-state index in [2.05, 4.69) is 35.9 Å². The van der Waals surface area contributed by atoms with E-state index in [-0.39, 0.29) is 5.56 Å². The molecule has 3 aromatic rings. The zero-order chi connectivity index (χ0) is 44.0.